The van der Waals surface area contributed by atoms with Crippen molar-refractivity contribution < 1.29 is 23.1 Å². The lowest BCUT2D eigenvalue weighted by molar-refractivity contribution is -0.141. The van der Waals surface area contributed by atoms with Gasteiger partial charge in [-0.15, -0.1) is 0 Å². The molecular formula is C9H13NO5S. The van der Waals surface area contributed by atoms with E-state index >= 15 is 0 Å². The minimum Gasteiger partial charge on any atom is -0.481 e. The van der Waals surface area contributed by atoms with Crippen molar-refractivity contribution in [2.45, 2.75) is 18.9 Å². The minimum atomic E-state index is -3.04. The predicted octanol–water partition coefficient (Wildman–Crippen LogP) is -0.893. The van der Waals surface area contributed by atoms with Crippen LogP contribution in [0.3, 0.4) is 0 Å². The molecule has 1 amide bonds. The van der Waals surface area contributed by atoms with Crippen LogP contribution in [0.5, 0.6) is 0 Å². The van der Waals surface area contributed by atoms with Gasteiger partial charge in [-0.05, 0) is 6.42 Å². The third-order valence-corrected chi connectivity index (χ3v) is 4.91. The fourth-order valence-corrected chi connectivity index (χ4v) is 4.00. The van der Waals surface area contributed by atoms with Crippen LogP contribution < -0.4 is 0 Å². The van der Waals surface area contributed by atoms with Gasteiger partial charge in [-0.1, -0.05) is 0 Å². The van der Waals surface area contributed by atoms with Crippen LogP contribution in [0.1, 0.15) is 12.8 Å². The Labute approximate surface area is 93.1 Å². The zero-order chi connectivity index (χ0) is 11.9. The molecule has 2 aliphatic rings. The molecule has 0 bridgehead atoms. The molecule has 0 aliphatic carbocycles. The molecular weight excluding hydrogens is 234 g/mol. The molecule has 2 aliphatic heterocycles. The zero-order valence-electron chi connectivity index (χ0n) is 8.63. The maximum atomic E-state index is 11.6. The van der Waals surface area contributed by atoms with Gasteiger partial charge >= 0.3 is 5.97 Å². The van der Waals surface area contributed by atoms with Crippen LogP contribution in [0.15, 0.2) is 0 Å². The smallest absolute Gasteiger partial charge is 0.308 e. The molecule has 0 radical (unpaired) electrons. The Morgan fingerprint density at radius 1 is 1.44 bits per heavy atom. The van der Waals surface area contributed by atoms with Crippen molar-refractivity contribution in [3.8, 4) is 0 Å². The van der Waals surface area contributed by atoms with E-state index in [0.717, 1.165) is 0 Å². The van der Waals surface area contributed by atoms with Crippen LogP contribution in [0.25, 0.3) is 0 Å². The van der Waals surface area contributed by atoms with E-state index in [9.17, 15) is 18.0 Å². The van der Waals surface area contributed by atoms with Crippen LogP contribution in [-0.2, 0) is 19.4 Å². The summed E-state index contributed by atoms with van der Waals surface area (Å²) < 4.78 is 22.5. The number of carboxylic acid groups (broad SMARTS) is 1. The number of nitrogens with zero attached hydrogens (tertiary/aromatic N) is 1. The van der Waals surface area contributed by atoms with Gasteiger partial charge < -0.3 is 10.0 Å². The predicted molar refractivity (Wildman–Crippen MR) is 54.5 cm³/mol. The van der Waals surface area contributed by atoms with Crippen molar-refractivity contribution >= 4 is 21.7 Å². The van der Waals surface area contributed by atoms with Crippen molar-refractivity contribution in [3.63, 3.8) is 0 Å². The SMILES string of the molecule is O=C(O)C1CC(=O)N(C2CCS(=O)(=O)C2)C1. The molecule has 2 atom stereocenters. The average Bonchev–Trinajstić information content (AvgIpc) is 2.69. The van der Waals surface area contributed by atoms with E-state index in [0.29, 0.717) is 6.42 Å². The number of hydrogen-bond acceptors (Lipinski definition) is 4. The lowest BCUT2D eigenvalue weighted by Crippen LogP contribution is -2.37. The lowest BCUT2D eigenvalue weighted by Gasteiger charge is -2.22. The van der Waals surface area contributed by atoms with Crippen LogP contribution in [-0.4, -0.2) is 54.4 Å². The second kappa shape index (κ2) is 3.73. The fourth-order valence-electron chi connectivity index (χ4n) is 2.27. The van der Waals surface area contributed by atoms with Crippen molar-refractivity contribution in [3.05, 3.63) is 0 Å². The van der Waals surface area contributed by atoms with Crippen molar-refractivity contribution in [2.24, 2.45) is 5.92 Å². The van der Waals surface area contributed by atoms with E-state index in [4.69, 9.17) is 5.11 Å². The number of carboxylic acids is 1. The van der Waals surface area contributed by atoms with Crippen LogP contribution >= 0.6 is 0 Å². The Morgan fingerprint density at radius 2 is 2.12 bits per heavy atom. The van der Waals surface area contributed by atoms with Crippen molar-refractivity contribution in [1.82, 2.24) is 4.90 Å². The zero-order valence-corrected chi connectivity index (χ0v) is 9.44. The summed E-state index contributed by atoms with van der Waals surface area (Å²) in [6.07, 6.45) is 0.423. The molecule has 2 heterocycles. The summed E-state index contributed by atoms with van der Waals surface area (Å²) in [4.78, 5) is 23.7. The second-order valence-corrected chi connectivity index (χ2v) is 6.57. The molecule has 2 rings (SSSR count). The Morgan fingerprint density at radius 3 is 2.56 bits per heavy atom. The summed E-state index contributed by atoms with van der Waals surface area (Å²) in [7, 11) is -3.04. The first-order chi connectivity index (χ1) is 7.39. The molecule has 0 spiro atoms. The first-order valence-electron chi connectivity index (χ1n) is 5.12. The second-order valence-electron chi connectivity index (χ2n) is 4.34. The van der Waals surface area contributed by atoms with Gasteiger partial charge in [-0.3, -0.25) is 9.59 Å². The molecule has 90 valence electrons. The number of amides is 1. The topological polar surface area (TPSA) is 91.8 Å². The summed E-state index contributed by atoms with van der Waals surface area (Å²) in [6.45, 7) is 0.147. The highest BCUT2D eigenvalue weighted by molar-refractivity contribution is 7.91. The molecule has 0 saturated carbocycles. The van der Waals surface area contributed by atoms with Gasteiger partial charge in [0.25, 0.3) is 0 Å². The van der Waals surface area contributed by atoms with Gasteiger partial charge in [-0.25, -0.2) is 8.42 Å². The fraction of sp³-hybridized carbons (Fsp3) is 0.778. The minimum absolute atomic E-state index is 0.00805. The van der Waals surface area contributed by atoms with E-state index < -0.39 is 21.7 Å². The Hall–Kier alpha value is -1.11. The molecule has 2 fully saturated rings. The first-order valence-corrected chi connectivity index (χ1v) is 6.94. The number of carbonyl (C=O) groups excluding carboxylic acids is 1. The maximum Gasteiger partial charge on any atom is 0.308 e. The molecule has 2 saturated heterocycles. The number of rotatable bonds is 2. The molecule has 0 aromatic heterocycles. The Bertz CT molecular complexity index is 429. The summed E-state index contributed by atoms with van der Waals surface area (Å²) in [5, 5.41) is 8.80. The highest BCUT2D eigenvalue weighted by atomic mass is 32.2. The van der Waals surface area contributed by atoms with Gasteiger partial charge in [0.2, 0.25) is 5.91 Å². The molecule has 1 N–H and O–H groups in total. The normalized spacial score (nSPS) is 33.2. The van der Waals surface area contributed by atoms with Gasteiger partial charge in [-0.2, -0.15) is 0 Å². The number of carbonyl (C=O) groups is 2. The highest BCUT2D eigenvalue weighted by Crippen LogP contribution is 2.26. The van der Waals surface area contributed by atoms with E-state index in [1.165, 1.54) is 4.90 Å². The number of likely N-dealkylation sites (tertiary alicyclic amines) is 1. The molecule has 0 aromatic rings. The molecule has 6 nitrogen and oxygen atoms in total. The van der Waals surface area contributed by atoms with Gasteiger partial charge in [0, 0.05) is 19.0 Å². The van der Waals surface area contributed by atoms with Crippen LogP contribution in [0.4, 0.5) is 0 Å². The average molecular weight is 247 g/mol. The lowest BCUT2D eigenvalue weighted by atomic mass is 10.1. The van der Waals surface area contributed by atoms with Crippen LogP contribution in [0, 0.1) is 5.92 Å². The summed E-state index contributed by atoms with van der Waals surface area (Å²) in [5.74, 6) is -1.84. The van der Waals surface area contributed by atoms with Gasteiger partial charge in [0.1, 0.15) is 0 Å². The van der Waals surface area contributed by atoms with Crippen molar-refractivity contribution in [1.29, 1.82) is 0 Å². The van der Waals surface area contributed by atoms with E-state index in [2.05, 4.69) is 0 Å². The molecule has 2 unspecified atom stereocenters. The number of sulfone groups is 1. The third-order valence-electron chi connectivity index (χ3n) is 3.16. The van der Waals surface area contributed by atoms with Gasteiger partial charge in [0.05, 0.1) is 17.4 Å². The Balaban J connectivity index is 2.07. The molecule has 16 heavy (non-hydrogen) atoms. The first kappa shape index (κ1) is 11.4. The molecule has 0 aromatic carbocycles. The largest absolute Gasteiger partial charge is 0.481 e. The monoisotopic (exact) mass is 247 g/mol. The maximum absolute atomic E-state index is 11.6. The highest BCUT2D eigenvalue weighted by Gasteiger charge is 2.41. The Kier molecular flexibility index (Phi) is 2.65. The number of aliphatic carboxylic acids is 1. The summed E-state index contributed by atoms with van der Waals surface area (Å²) in [6, 6.07) is -0.318. The van der Waals surface area contributed by atoms with E-state index in [1.807, 2.05) is 0 Å². The van der Waals surface area contributed by atoms with E-state index in [1.54, 1.807) is 0 Å². The third kappa shape index (κ3) is 2.04. The van der Waals surface area contributed by atoms with Crippen LogP contribution in [0.2, 0.25) is 0 Å². The standard InChI is InChI=1S/C9H13NO5S/c11-8-3-6(9(12)13)4-10(8)7-1-2-16(14,15)5-7/h6-7H,1-5H2,(H,12,13). The molecule has 7 heteroatoms. The van der Waals surface area contributed by atoms with Crippen molar-refractivity contribution in [2.75, 3.05) is 18.1 Å². The summed E-state index contributed by atoms with van der Waals surface area (Å²) in [5.41, 5.74) is 0. The number of hydrogen-bond donors (Lipinski definition) is 1. The summed E-state index contributed by atoms with van der Waals surface area (Å²) >= 11 is 0. The van der Waals surface area contributed by atoms with Gasteiger partial charge in [0.15, 0.2) is 9.84 Å². The van der Waals surface area contributed by atoms with E-state index in [-0.39, 0.29) is 36.4 Å². The quantitative estimate of drug-likeness (QED) is 0.683.